The number of halogens is 1. The summed E-state index contributed by atoms with van der Waals surface area (Å²) in [6.45, 7) is -1.84. The average molecular weight is 234 g/mol. The SMILES string of the molecule is C[C@@H](c1ccccc1)N(C)P(=O)(O)Cl. The standard InChI is InChI=1S/C9H13ClNO2P/c1-8(11(2)14(10,12)13)9-6-4-3-5-7-9/h3-8H,1-2H3,(H,12,13)/t8-/m0/s1. The highest BCUT2D eigenvalue weighted by atomic mass is 35.7. The molecule has 1 rings (SSSR count). The molecule has 0 fully saturated rings. The second-order valence-corrected chi connectivity index (χ2v) is 6.03. The highest BCUT2D eigenvalue weighted by Crippen LogP contribution is 2.53. The lowest BCUT2D eigenvalue weighted by Crippen LogP contribution is -2.16. The van der Waals surface area contributed by atoms with Gasteiger partial charge in [0.15, 0.2) is 0 Å². The monoisotopic (exact) mass is 233 g/mol. The Labute approximate surface area is 88.6 Å². The van der Waals surface area contributed by atoms with E-state index in [0.717, 1.165) is 5.56 Å². The normalized spacial score (nSPS) is 17.8. The second-order valence-electron chi connectivity index (χ2n) is 3.13. The van der Waals surface area contributed by atoms with Crippen LogP contribution in [0.15, 0.2) is 30.3 Å². The molecule has 0 bridgehead atoms. The van der Waals surface area contributed by atoms with Crippen LogP contribution < -0.4 is 0 Å². The molecule has 0 aliphatic rings. The van der Waals surface area contributed by atoms with E-state index in [-0.39, 0.29) is 6.04 Å². The van der Waals surface area contributed by atoms with Gasteiger partial charge in [0.2, 0.25) is 0 Å². The highest BCUT2D eigenvalue weighted by molar-refractivity contribution is 7.82. The third kappa shape index (κ3) is 2.82. The van der Waals surface area contributed by atoms with Gasteiger partial charge >= 0.3 is 6.87 Å². The van der Waals surface area contributed by atoms with Crippen molar-refractivity contribution < 1.29 is 9.46 Å². The first-order chi connectivity index (χ1) is 6.43. The van der Waals surface area contributed by atoms with E-state index in [0.29, 0.717) is 0 Å². The molecule has 14 heavy (non-hydrogen) atoms. The molecule has 1 aromatic carbocycles. The van der Waals surface area contributed by atoms with Crippen LogP contribution in [-0.2, 0) is 4.57 Å². The largest absolute Gasteiger partial charge is 0.360 e. The molecule has 0 amide bonds. The van der Waals surface area contributed by atoms with Crippen molar-refractivity contribution in [2.24, 2.45) is 0 Å². The summed E-state index contributed by atoms with van der Waals surface area (Å²) >= 11 is 5.37. The Bertz CT molecular complexity index is 338. The Kier molecular flexibility index (Phi) is 3.73. The van der Waals surface area contributed by atoms with Gasteiger partial charge in [-0.3, -0.25) is 4.57 Å². The fourth-order valence-electron chi connectivity index (χ4n) is 1.16. The lowest BCUT2D eigenvalue weighted by molar-refractivity contribution is 0.350. The minimum atomic E-state index is -3.67. The van der Waals surface area contributed by atoms with Crippen LogP contribution in [0.3, 0.4) is 0 Å². The lowest BCUT2D eigenvalue weighted by Gasteiger charge is -2.25. The van der Waals surface area contributed by atoms with Crippen LogP contribution in [0.1, 0.15) is 18.5 Å². The smallest absolute Gasteiger partial charge is 0.322 e. The van der Waals surface area contributed by atoms with Crippen LogP contribution in [0.25, 0.3) is 0 Å². The number of nitrogens with zero attached hydrogens (tertiary/aromatic N) is 1. The molecular weight excluding hydrogens is 221 g/mol. The molecule has 0 saturated heterocycles. The van der Waals surface area contributed by atoms with E-state index in [4.69, 9.17) is 16.1 Å². The van der Waals surface area contributed by atoms with E-state index in [1.165, 1.54) is 11.7 Å². The van der Waals surface area contributed by atoms with E-state index >= 15 is 0 Å². The second kappa shape index (κ2) is 4.45. The summed E-state index contributed by atoms with van der Waals surface area (Å²) in [5.41, 5.74) is 0.963. The van der Waals surface area contributed by atoms with Crippen molar-refractivity contribution in [1.82, 2.24) is 4.67 Å². The molecular formula is C9H13ClNO2P. The molecule has 1 aromatic rings. The van der Waals surface area contributed by atoms with Gasteiger partial charge in [0, 0.05) is 6.04 Å². The maximum atomic E-state index is 11.2. The highest BCUT2D eigenvalue weighted by Gasteiger charge is 2.26. The van der Waals surface area contributed by atoms with Gasteiger partial charge in [-0.1, -0.05) is 30.3 Å². The van der Waals surface area contributed by atoms with Crippen molar-refractivity contribution in [2.75, 3.05) is 7.05 Å². The maximum Gasteiger partial charge on any atom is 0.360 e. The summed E-state index contributed by atoms with van der Waals surface area (Å²) in [7, 11) is 1.53. The van der Waals surface area contributed by atoms with Crippen LogP contribution >= 0.6 is 18.1 Å². The molecule has 0 aromatic heterocycles. The first-order valence-electron chi connectivity index (χ1n) is 4.23. The molecule has 0 aliphatic carbocycles. The molecule has 0 saturated carbocycles. The van der Waals surface area contributed by atoms with Crippen LogP contribution in [0.5, 0.6) is 0 Å². The number of hydrogen-bond donors (Lipinski definition) is 1. The molecule has 0 heterocycles. The van der Waals surface area contributed by atoms with Gasteiger partial charge in [0.25, 0.3) is 0 Å². The summed E-state index contributed by atoms with van der Waals surface area (Å²) in [4.78, 5) is 9.16. The molecule has 3 nitrogen and oxygen atoms in total. The Morgan fingerprint density at radius 2 is 1.93 bits per heavy atom. The van der Waals surface area contributed by atoms with E-state index < -0.39 is 6.87 Å². The van der Waals surface area contributed by atoms with Gasteiger partial charge in [0.1, 0.15) is 0 Å². The Balaban J connectivity index is 2.87. The van der Waals surface area contributed by atoms with Crippen molar-refractivity contribution in [1.29, 1.82) is 0 Å². The fourth-order valence-corrected chi connectivity index (χ4v) is 2.11. The van der Waals surface area contributed by atoms with Crippen LogP contribution in [0.2, 0.25) is 0 Å². The van der Waals surface area contributed by atoms with E-state index in [2.05, 4.69) is 0 Å². The zero-order chi connectivity index (χ0) is 10.8. The van der Waals surface area contributed by atoms with Crippen molar-refractivity contribution in [2.45, 2.75) is 13.0 Å². The number of hydrogen-bond acceptors (Lipinski definition) is 1. The van der Waals surface area contributed by atoms with Gasteiger partial charge in [0.05, 0.1) is 0 Å². The lowest BCUT2D eigenvalue weighted by atomic mass is 10.1. The van der Waals surface area contributed by atoms with Gasteiger partial charge in [-0.15, -0.1) is 0 Å². The predicted molar refractivity (Wildman–Crippen MR) is 58.3 cm³/mol. The molecule has 0 radical (unpaired) electrons. The van der Waals surface area contributed by atoms with E-state index in [1.807, 2.05) is 37.3 Å². The Morgan fingerprint density at radius 3 is 2.36 bits per heavy atom. The summed E-state index contributed by atoms with van der Waals surface area (Å²) in [6, 6.07) is 9.29. The first kappa shape index (κ1) is 11.7. The molecule has 1 unspecified atom stereocenters. The third-order valence-electron chi connectivity index (χ3n) is 2.23. The first-order valence-corrected chi connectivity index (χ1v) is 6.75. The summed E-state index contributed by atoms with van der Waals surface area (Å²) in [5, 5.41) is 0. The molecule has 2 atom stereocenters. The van der Waals surface area contributed by atoms with E-state index in [1.54, 1.807) is 0 Å². The summed E-state index contributed by atoms with van der Waals surface area (Å²) in [5.74, 6) is 0. The predicted octanol–water partition coefficient (Wildman–Crippen LogP) is 3.02. The maximum absolute atomic E-state index is 11.2. The Morgan fingerprint density at radius 1 is 1.43 bits per heavy atom. The van der Waals surface area contributed by atoms with Crippen molar-refractivity contribution >= 4 is 18.1 Å². The Hall–Kier alpha value is -0.340. The van der Waals surface area contributed by atoms with Crippen LogP contribution in [0.4, 0.5) is 0 Å². The zero-order valence-corrected chi connectivity index (χ0v) is 9.74. The van der Waals surface area contributed by atoms with Gasteiger partial charge < -0.3 is 4.89 Å². The summed E-state index contributed by atoms with van der Waals surface area (Å²) < 4.78 is 12.4. The number of rotatable bonds is 3. The number of benzene rings is 1. The van der Waals surface area contributed by atoms with Crippen molar-refractivity contribution in [3.63, 3.8) is 0 Å². The molecule has 78 valence electrons. The van der Waals surface area contributed by atoms with Gasteiger partial charge in [-0.2, -0.15) is 0 Å². The van der Waals surface area contributed by atoms with E-state index in [9.17, 15) is 4.57 Å². The topological polar surface area (TPSA) is 40.5 Å². The fraction of sp³-hybridized carbons (Fsp3) is 0.333. The van der Waals surface area contributed by atoms with Crippen LogP contribution in [-0.4, -0.2) is 16.6 Å². The minimum absolute atomic E-state index is 0.176. The average Bonchev–Trinajstić information content (AvgIpc) is 2.15. The zero-order valence-electron chi connectivity index (χ0n) is 8.09. The quantitative estimate of drug-likeness (QED) is 0.816. The minimum Gasteiger partial charge on any atom is -0.322 e. The van der Waals surface area contributed by atoms with Gasteiger partial charge in [-0.25, -0.2) is 4.67 Å². The third-order valence-corrected chi connectivity index (χ3v) is 4.07. The van der Waals surface area contributed by atoms with Crippen molar-refractivity contribution in [3.05, 3.63) is 35.9 Å². The van der Waals surface area contributed by atoms with Crippen LogP contribution in [0, 0.1) is 0 Å². The summed E-state index contributed by atoms with van der Waals surface area (Å²) in [6.07, 6.45) is 0. The molecule has 0 aliphatic heterocycles. The van der Waals surface area contributed by atoms with Crippen molar-refractivity contribution in [3.8, 4) is 0 Å². The molecule has 5 heteroatoms. The molecule has 0 spiro atoms. The molecule has 1 N–H and O–H groups in total. The van der Waals surface area contributed by atoms with Gasteiger partial charge in [-0.05, 0) is 30.8 Å².